The first-order chi connectivity index (χ1) is 5.54. The quantitative estimate of drug-likeness (QED) is 0.226. The van der Waals surface area contributed by atoms with Crippen molar-refractivity contribution < 1.29 is 8.42 Å². The highest BCUT2D eigenvalue weighted by molar-refractivity contribution is 7.87. The molecule has 0 bridgehead atoms. The zero-order chi connectivity index (χ0) is 9.61. The summed E-state index contributed by atoms with van der Waals surface area (Å²) < 4.78 is 24.7. The van der Waals surface area contributed by atoms with Gasteiger partial charge in [-0.1, -0.05) is 13.3 Å². The van der Waals surface area contributed by atoms with Crippen molar-refractivity contribution in [3.05, 3.63) is 10.4 Å². The number of nitrogens with zero attached hydrogens (tertiary/aromatic N) is 4. The molecule has 0 spiro atoms. The first-order valence-corrected chi connectivity index (χ1v) is 4.78. The second-order valence-electron chi connectivity index (χ2n) is 2.11. The van der Waals surface area contributed by atoms with Crippen LogP contribution in [0.25, 0.3) is 10.4 Å². The zero-order valence-electron chi connectivity index (χ0n) is 6.71. The maximum absolute atomic E-state index is 10.8. The van der Waals surface area contributed by atoms with Crippen LogP contribution in [0.15, 0.2) is 4.52 Å². The number of hydrogen-bond acceptors (Lipinski definition) is 3. The van der Waals surface area contributed by atoms with Crippen LogP contribution in [0.2, 0.25) is 0 Å². The fourth-order valence-electron chi connectivity index (χ4n) is 0.522. The molecule has 0 aliphatic heterocycles. The van der Waals surface area contributed by atoms with Gasteiger partial charge in [0.15, 0.2) is 0 Å². The Labute approximate surface area is 70.9 Å². The van der Waals surface area contributed by atoms with E-state index in [9.17, 15) is 8.42 Å². The van der Waals surface area contributed by atoms with Gasteiger partial charge in [0.05, 0.1) is 0 Å². The van der Waals surface area contributed by atoms with Gasteiger partial charge < -0.3 is 0 Å². The molecular weight excluding hydrogens is 182 g/mol. The Kier molecular flexibility index (Phi) is 4.60. The van der Waals surface area contributed by atoms with Crippen molar-refractivity contribution in [1.82, 2.24) is 4.41 Å². The monoisotopic (exact) mass is 193 g/mol. The topological polar surface area (TPSA) is 112 Å². The molecule has 0 aromatic heterocycles. The summed E-state index contributed by atoms with van der Waals surface area (Å²) in [5.74, 6) is 5.10. The number of nitrogens with two attached hydrogens (primary N) is 1. The summed E-state index contributed by atoms with van der Waals surface area (Å²) in [5.41, 5.74) is 7.87. The molecule has 0 aliphatic rings. The largest absolute Gasteiger partial charge is 0.315 e. The lowest BCUT2D eigenvalue weighted by Gasteiger charge is -2.10. The Balaban J connectivity index is 4.26. The van der Waals surface area contributed by atoms with E-state index in [4.69, 9.17) is 11.4 Å². The van der Waals surface area contributed by atoms with Crippen LogP contribution in [-0.2, 0) is 10.2 Å². The van der Waals surface area contributed by atoms with Crippen LogP contribution < -0.4 is 5.84 Å². The molecule has 12 heavy (non-hydrogen) atoms. The summed E-state index contributed by atoms with van der Waals surface area (Å²) in [4.78, 5) is 2.15. The van der Waals surface area contributed by atoms with Crippen molar-refractivity contribution in [3.63, 3.8) is 0 Å². The third-order valence-electron chi connectivity index (χ3n) is 1.17. The average molecular weight is 193 g/mol. The minimum absolute atomic E-state index is 0.165. The molecule has 8 heteroatoms. The van der Waals surface area contributed by atoms with Crippen molar-refractivity contribution in [1.29, 1.82) is 0 Å². The van der Waals surface area contributed by atoms with E-state index >= 15 is 0 Å². The molecule has 0 aromatic rings. The second kappa shape index (κ2) is 4.94. The molecule has 0 radical (unpaired) electrons. The van der Waals surface area contributed by atoms with Gasteiger partial charge in [0.25, 0.3) is 0 Å². The number of azide groups is 1. The molecule has 0 unspecified atom stereocenters. The highest BCUT2D eigenvalue weighted by atomic mass is 32.2. The Morgan fingerprint density at radius 3 is 2.67 bits per heavy atom. The molecule has 0 saturated carbocycles. The van der Waals surface area contributed by atoms with Crippen molar-refractivity contribution in [2.45, 2.75) is 19.8 Å². The third-order valence-corrected chi connectivity index (χ3v) is 2.22. The summed E-state index contributed by atoms with van der Waals surface area (Å²) in [7, 11) is -3.96. The van der Waals surface area contributed by atoms with Crippen LogP contribution in [0.4, 0.5) is 0 Å². The normalized spacial score (nSPS) is 11.2. The number of hydrazine groups is 1. The first kappa shape index (κ1) is 11.2. The lowest BCUT2D eigenvalue weighted by Crippen LogP contribution is -2.36. The molecule has 70 valence electrons. The maximum Gasteiger partial charge on any atom is 0.315 e. The highest BCUT2D eigenvalue weighted by Gasteiger charge is 2.14. The van der Waals surface area contributed by atoms with E-state index < -0.39 is 10.2 Å². The van der Waals surface area contributed by atoms with E-state index in [2.05, 4.69) is 9.43 Å². The van der Waals surface area contributed by atoms with Crippen LogP contribution in [0.1, 0.15) is 19.8 Å². The third kappa shape index (κ3) is 3.54. The van der Waals surface area contributed by atoms with E-state index in [1.54, 1.807) is 0 Å². The number of unbranched alkanes of at least 4 members (excludes halogenated alkanes) is 1. The van der Waals surface area contributed by atoms with Gasteiger partial charge in [0.1, 0.15) is 0 Å². The Hall–Kier alpha value is -0.820. The van der Waals surface area contributed by atoms with Crippen LogP contribution >= 0.6 is 0 Å². The Morgan fingerprint density at radius 2 is 2.25 bits per heavy atom. The van der Waals surface area contributed by atoms with Gasteiger partial charge in [-0.3, -0.25) is 5.84 Å². The van der Waals surface area contributed by atoms with Crippen LogP contribution in [0, 0.1) is 0 Å². The molecule has 0 aliphatic carbocycles. The molecule has 0 atom stereocenters. The molecule has 0 amide bonds. The Bertz CT molecular complexity index is 267. The van der Waals surface area contributed by atoms with Crippen molar-refractivity contribution >= 4 is 10.2 Å². The summed E-state index contributed by atoms with van der Waals surface area (Å²) in [6, 6.07) is 0. The van der Waals surface area contributed by atoms with Crippen LogP contribution in [0.5, 0.6) is 0 Å². The molecular formula is C4H11N5O2S. The van der Waals surface area contributed by atoms with Crippen LogP contribution in [0.3, 0.4) is 0 Å². The zero-order valence-corrected chi connectivity index (χ0v) is 7.53. The van der Waals surface area contributed by atoms with Gasteiger partial charge >= 0.3 is 10.2 Å². The van der Waals surface area contributed by atoms with Crippen molar-refractivity contribution in [2.75, 3.05) is 6.54 Å². The minimum atomic E-state index is -3.96. The van der Waals surface area contributed by atoms with Gasteiger partial charge in [0.2, 0.25) is 0 Å². The smallest absolute Gasteiger partial charge is 0.255 e. The van der Waals surface area contributed by atoms with Crippen LogP contribution in [-0.4, -0.2) is 19.4 Å². The van der Waals surface area contributed by atoms with Gasteiger partial charge in [-0.05, 0) is 12.0 Å². The van der Waals surface area contributed by atoms with Crippen molar-refractivity contribution in [2.24, 2.45) is 10.4 Å². The number of hydrogen-bond donors (Lipinski definition) is 1. The molecule has 2 N–H and O–H groups in total. The SMILES string of the molecule is CCCCN(N)S(=O)(=O)N=[N+]=[N-]. The lowest BCUT2D eigenvalue weighted by atomic mass is 10.3. The Morgan fingerprint density at radius 1 is 1.67 bits per heavy atom. The first-order valence-electron chi connectivity index (χ1n) is 3.38. The van der Waals surface area contributed by atoms with Gasteiger partial charge in [-0.2, -0.15) is 0 Å². The summed E-state index contributed by atoms with van der Waals surface area (Å²) in [6.45, 7) is 2.06. The molecule has 0 fully saturated rings. The number of rotatable bonds is 5. The van der Waals surface area contributed by atoms with Gasteiger partial charge in [0, 0.05) is 16.0 Å². The fraction of sp³-hybridized carbons (Fsp3) is 1.00. The molecule has 0 rings (SSSR count). The summed E-state index contributed by atoms with van der Waals surface area (Å²) >= 11 is 0. The second-order valence-corrected chi connectivity index (χ2v) is 3.64. The maximum atomic E-state index is 10.8. The summed E-state index contributed by atoms with van der Waals surface area (Å²) in [5, 5.41) is 0. The highest BCUT2D eigenvalue weighted by Crippen LogP contribution is 1.99. The van der Waals surface area contributed by atoms with Crippen molar-refractivity contribution in [3.8, 4) is 0 Å². The van der Waals surface area contributed by atoms with Gasteiger partial charge in [-0.25, -0.2) is 8.42 Å². The van der Waals surface area contributed by atoms with E-state index in [0.717, 1.165) is 6.42 Å². The van der Waals surface area contributed by atoms with E-state index in [1.807, 2.05) is 6.92 Å². The molecule has 7 nitrogen and oxygen atoms in total. The minimum Gasteiger partial charge on any atom is -0.255 e. The predicted molar refractivity (Wildman–Crippen MR) is 43.9 cm³/mol. The standard InChI is InChI=1S/C4H11N5O2S/c1-2-3-4-9(6)12(10,11)8-7-5/h2-4,6H2,1H3. The molecule has 0 aromatic carbocycles. The fourth-order valence-corrected chi connectivity index (χ4v) is 1.07. The predicted octanol–water partition coefficient (Wildman–Crippen LogP) is 0.517. The molecule has 0 heterocycles. The van der Waals surface area contributed by atoms with E-state index in [-0.39, 0.29) is 6.54 Å². The van der Waals surface area contributed by atoms with E-state index in [0.29, 0.717) is 10.8 Å². The summed E-state index contributed by atoms with van der Waals surface area (Å²) in [6.07, 6.45) is 1.45. The average Bonchev–Trinajstić information content (AvgIpc) is 2.00. The van der Waals surface area contributed by atoms with E-state index in [1.165, 1.54) is 0 Å². The molecule has 0 saturated heterocycles. The lowest BCUT2D eigenvalue weighted by molar-refractivity contribution is 0.418. The van der Waals surface area contributed by atoms with Gasteiger partial charge in [-0.15, -0.1) is 4.41 Å².